The summed E-state index contributed by atoms with van der Waals surface area (Å²) in [6, 6.07) is -0.234. The van der Waals surface area contributed by atoms with Gasteiger partial charge in [-0.05, 0) is 24.2 Å². The lowest BCUT2D eigenvalue weighted by atomic mass is 9.69. The van der Waals surface area contributed by atoms with E-state index in [-0.39, 0.29) is 29.2 Å². The minimum Gasteiger partial charge on any atom is -0.354 e. The standard InChI is InChI=1S/C13H27IN2O2/c1-11(2,3)8-13(7,12(4,5)6)18-9-15-10(17)16-14/h8-9H2,1-7H3,(H2,15,16,17). The highest BCUT2D eigenvalue weighted by Crippen LogP contribution is 2.41. The van der Waals surface area contributed by atoms with Gasteiger partial charge in [0.1, 0.15) is 6.73 Å². The van der Waals surface area contributed by atoms with Crippen molar-refractivity contribution in [2.75, 3.05) is 6.73 Å². The quantitative estimate of drug-likeness (QED) is 0.449. The summed E-state index contributed by atoms with van der Waals surface area (Å²) < 4.78 is 8.45. The first kappa shape index (κ1) is 18.0. The number of carbonyl (C=O) groups excluding carboxylic acids is 1. The van der Waals surface area contributed by atoms with Gasteiger partial charge in [-0.3, -0.25) is 3.53 Å². The van der Waals surface area contributed by atoms with Gasteiger partial charge < -0.3 is 10.1 Å². The Morgan fingerprint density at radius 3 is 1.94 bits per heavy atom. The summed E-state index contributed by atoms with van der Waals surface area (Å²) in [5.74, 6) is 0. The molecular formula is C13H27IN2O2. The second-order valence-electron chi connectivity index (χ2n) is 7.11. The molecular weight excluding hydrogens is 343 g/mol. The topological polar surface area (TPSA) is 50.4 Å². The van der Waals surface area contributed by atoms with Crippen LogP contribution in [0.4, 0.5) is 4.79 Å². The maximum Gasteiger partial charge on any atom is 0.325 e. The van der Waals surface area contributed by atoms with Gasteiger partial charge >= 0.3 is 6.03 Å². The van der Waals surface area contributed by atoms with Crippen LogP contribution in [0.3, 0.4) is 0 Å². The highest BCUT2D eigenvalue weighted by Gasteiger charge is 2.41. The lowest BCUT2D eigenvalue weighted by Crippen LogP contribution is -2.48. The van der Waals surface area contributed by atoms with Crippen LogP contribution in [-0.4, -0.2) is 18.4 Å². The Hall–Kier alpha value is -0.0400. The van der Waals surface area contributed by atoms with Gasteiger partial charge in [-0.15, -0.1) is 0 Å². The van der Waals surface area contributed by atoms with Crippen LogP contribution < -0.4 is 8.85 Å². The fourth-order valence-corrected chi connectivity index (χ4v) is 2.03. The Morgan fingerprint density at radius 1 is 1.11 bits per heavy atom. The average Bonchev–Trinajstić information content (AvgIpc) is 2.12. The predicted octanol–water partition coefficient (Wildman–Crippen LogP) is 3.85. The number of carbonyl (C=O) groups is 1. The molecule has 2 N–H and O–H groups in total. The lowest BCUT2D eigenvalue weighted by Gasteiger charge is -2.45. The summed E-state index contributed by atoms with van der Waals surface area (Å²) in [5, 5.41) is 2.67. The third-order valence-electron chi connectivity index (χ3n) is 3.16. The second kappa shape index (κ2) is 6.41. The minimum atomic E-state index is -0.288. The van der Waals surface area contributed by atoms with E-state index in [1.807, 2.05) is 0 Å². The zero-order chi connectivity index (χ0) is 14.6. The van der Waals surface area contributed by atoms with E-state index in [1.54, 1.807) is 22.9 Å². The molecule has 108 valence electrons. The Kier molecular flexibility index (Phi) is 6.40. The van der Waals surface area contributed by atoms with Gasteiger partial charge in [0.2, 0.25) is 0 Å². The highest BCUT2D eigenvalue weighted by atomic mass is 127. The molecule has 2 amide bonds. The first-order valence-corrected chi connectivity index (χ1v) is 7.28. The SMILES string of the molecule is CC(C)(C)CC(C)(OCNC(=O)NI)C(C)(C)C. The molecule has 0 saturated carbocycles. The van der Waals surface area contributed by atoms with Crippen molar-refractivity contribution in [3.63, 3.8) is 0 Å². The zero-order valence-corrected chi connectivity index (χ0v) is 14.8. The Labute approximate surface area is 125 Å². The van der Waals surface area contributed by atoms with Gasteiger partial charge in [0.25, 0.3) is 0 Å². The van der Waals surface area contributed by atoms with Crippen molar-refractivity contribution in [1.82, 2.24) is 8.85 Å². The molecule has 0 aromatic heterocycles. The maximum absolute atomic E-state index is 11.1. The van der Waals surface area contributed by atoms with E-state index < -0.39 is 0 Å². The first-order valence-electron chi connectivity index (χ1n) is 6.20. The van der Waals surface area contributed by atoms with Gasteiger partial charge in [-0.25, -0.2) is 4.79 Å². The predicted molar refractivity (Wildman–Crippen MR) is 83.6 cm³/mol. The monoisotopic (exact) mass is 370 g/mol. The molecule has 0 radical (unpaired) electrons. The molecule has 0 spiro atoms. The number of halogens is 1. The number of hydrogen-bond donors (Lipinski definition) is 2. The first-order chi connectivity index (χ1) is 7.91. The molecule has 0 aromatic carbocycles. The molecule has 0 aliphatic heterocycles. The van der Waals surface area contributed by atoms with Crippen molar-refractivity contribution in [3.8, 4) is 0 Å². The van der Waals surface area contributed by atoms with E-state index in [0.29, 0.717) is 0 Å². The molecule has 0 heterocycles. The van der Waals surface area contributed by atoms with Gasteiger partial charge in [0.05, 0.1) is 28.5 Å². The molecule has 5 heteroatoms. The van der Waals surface area contributed by atoms with Crippen molar-refractivity contribution in [1.29, 1.82) is 0 Å². The molecule has 0 bridgehead atoms. The second-order valence-corrected chi connectivity index (χ2v) is 7.65. The molecule has 4 nitrogen and oxygen atoms in total. The van der Waals surface area contributed by atoms with E-state index in [9.17, 15) is 4.79 Å². The molecule has 0 aliphatic rings. The largest absolute Gasteiger partial charge is 0.354 e. The Bertz CT molecular complexity index is 282. The van der Waals surface area contributed by atoms with Gasteiger partial charge in [0.15, 0.2) is 0 Å². The van der Waals surface area contributed by atoms with E-state index >= 15 is 0 Å². The molecule has 1 unspecified atom stereocenters. The summed E-state index contributed by atoms with van der Waals surface area (Å²) in [5.41, 5.74) is -0.111. The normalized spacial score (nSPS) is 16.0. The summed E-state index contributed by atoms with van der Waals surface area (Å²) in [6.07, 6.45) is 0.928. The summed E-state index contributed by atoms with van der Waals surface area (Å²) in [4.78, 5) is 11.1. The van der Waals surface area contributed by atoms with Crippen molar-refractivity contribution < 1.29 is 9.53 Å². The highest BCUT2D eigenvalue weighted by molar-refractivity contribution is 14.1. The van der Waals surface area contributed by atoms with Crippen LogP contribution in [0.2, 0.25) is 0 Å². The molecule has 1 atom stereocenters. The van der Waals surface area contributed by atoms with Crippen LogP contribution in [-0.2, 0) is 4.74 Å². The number of rotatable bonds is 4. The number of nitrogens with one attached hydrogen (secondary N) is 2. The van der Waals surface area contributed by atoms with Crippen molar-refractivity contribution in [2.24, 2.45) is 10.8 Å². The molecule has 0 aliphatic carbocycles. The van der Waals surface area contributed by atoms with Crippen molar-refractivity contribution >= 4 is 28.9 Å². The van der Waals surface area contributed by atoms with Gasteiger partial charge in [0, 0.05) is 0 Å². The van der Waals surface area contributed by atoms with Crippen LogP contribution in [0.15, 0.2) is 0 Å². The van der Waals surface area contributed by atoms with Crippen molar-refractivity contribution in [2.45, 2.75) is 60.5 Å². The average molecular weight is 370 g/mol. The minimum absolute atomic E-state index is 0.00274. The summed E-state index contributed by atoms with van der Waals surface area (Å²) in [6.45, 7) is 15.4. The number of urea groups is 1. The van der Waals surface area contributed by atoms with Gasteiger partial charge in [-0.1, -0.05) is 41.5 Å². The Balaban J connectivity index is 4.65. The molecule has 0 saturated heterocycles. The molecule has 0 fully saturated rings. The third-order valence-corrected chi connectivity index (χ3v) is 3.65. The number of ether oxygens (including phenoxy) is 1. The molecule has 18 heavy (non-hydrogen) atoms. The summed E-state index contributed by atoms with van der Waals surface area (Å²) >= 11 is 1.79. The molecule has 0 aromatic rings. The van der Waals surface area contributed by atoms with E-state index in [0.717, 1.165) is 6.42 Å². The molecule has 0 rings (SSSR count). The number of amides is 2. The third kappa shape index (κ3) is 6.22. The fourth-order valence-electron chi connectivity index (χ4n) is 1.84. The van der Waals surface area contributed by atoms with Crippen LogP contribution in [0.1, 0.15) is 54.9 Å². The Morgan fingerprint density at radius 2 is 1.61 bits per heavy atom. The van der Waals surface area contributed by atoms with Crippen LogP contribution in [0.5, 0.6) is 0 Å². The lowest BCUT2D eigenvalue weighted by molar-refractivity contribution is -0.127. The van der Waals surface area contributed by atoms with Crippen LogP contribution in [0.25, 0.3) is 0 Å². The smallest absolute Gasteiger partial charge is 0.325 e. The zero-order valence-electron chi connectivity index (χ0n) is 12.6. The van der Waals surface area contributed by atoms with E-state index in [1.165, 1.54) is 0 Å². The maximum atomic E-state index is 11.1. The number of hydrogen-bond acceptors (Lipinski definition) is 2. The van der Waals surface area contributed by atoms with E-state index in [4.69, 9.17) is 4.74 Å². The fraction of sp³-hybridized carbons (Fsp3) is 0.923. The van der Waals surface area contributed by atoms with Crippen LogP contribution in [0, 0.1) is 10.8 Å². The van der Waals surface area contributed by atoms with Crippen molar-refractivity contribution in [3.05, 3.63) is 0 Å². The van der Waals surface area contributed by atoms with Gasteiger partial charge in [-0.2, -0.15) is 0 Å². The summed E-state index contributed by atoms with van der Waals surface area (Å²) in [7, 11) is 0. The van der Waals surface area contributed by atoms with E-state index in [2.05, 4.69) is 57.3 Å². The van der Waals surface area contributed by atoms with Crippen LogP contribution >= 0.6 is 22.9 Å².